The molecule has 1 amide bonds. The summed E-state index contributed by atoms with van der Waals surface area (Å²) >= 11 is 12.0. The number of carbonyl (C=O) groups excluding carboxylic acids is 1. The Morgan fingerprint density at radius 2 is 1.72 bits per heavy atom. The fraction of sp³-hybridized carbons (Fsp3) is 0.105. The molecule has 0 aliphatic heterocycles. The fourth-order valence-electron chi connectivity index (χ4n) is 2.46. The van der Waals surface area contributed by atoms with Crippen LogP contribution >= 0.6 is 23.2 Å². The van der Waals surface area contributed by atoms with Gasteiger partial charge in [0.1, 0.15) is 11.8 Å². The van der Waals surface area contributed by atoms with Crippen LogP contribution in [-0.4, -0.2) is 5.91 Å². The van der Waals surface area contributed by atoms with Gasteiger partial charge in [0.05, 0.1) is 12.8 Å². The van der Waals surface area contributed by atoms with E-state index in [1.807, 2.05) is 42.5 Å². The molecule has 3 aromatic rings. The Morgan fingerprint density at radius 1 is 1.00 bits per heavy atom. The standard InChI is InChI=1S/C19H16Cl2N2O2/c20-14-9-15(21)11-16(10-14)23-19(24)18(13-5-2-1-3-6-13)22-12-17-7-4-8-25-17/h1-11,18,22H,12H2,(H,23,24)/t18-/m0/s1. The molecule has 0 fully saturated rings. The summed E-state index contributed by atoms with van der Waals surface area (Å²) in [5.74, 6) is 0.538. The van der Waals surface area contributed by atoms with E-state index in [1.54, 1.807) is 24.5 Å². The van der Waals surface area contributed by atoms with Crippen molar-refractivity contribution in [1.82, 2.24) is 5.32 Å². The van der Waals surface area contributed by atoms with Gasteiger partial charge in [-0.25, -0.2) is 0 Å². The smallest absolute Gasteiger partial charge is 0.246 e. The van der Waals surface area contributed by atoms with Crippen LogP contribution in [0.1, 0.15) is 17.4 Å². The van der Waals surface area contributed by atoms with Gasteiger partial charge >= 0.3 is 0 Å². The van der Waals surface area contributed by atoms with E-state index in [0.717, 1.165) is 11.3 Å². The van der Waals surface area contributed by atoms with E-state index in [9.17, 15) is 4.79 Å². The van der Waals surface area contributed by atoms with E-state index in [4.69, 9.17) is 27.6 Å². The highest BCUT2D eigenvalue weighted by molar-refractivity contribution is 6.35. The van der Waals surface area contributed by atoms with E-state index in [2.05, 4.69) is 10.6 Å². The van der Waals surface area contributed by atoms with Gasteiger partial charge in [-0.3, -0.25) is 10.1 Å². The van der Waals surface area contributed by atoms with Crippen molar-refractivity contribution in [3.05, 3.63) is 88.3 Å². The maximum absolute atomic E-state index is 12.8. The Labute approximate surface area is 155 Å². The summed E-state index contributed by atoms with van der Waals surface area (Å²) in [7, 11) is 0. The van der Waals surface area contributed by atoms with Crippen molar-refractivity contribution < 1.29 is 9.21 Å². The van der Waals surface area contributed by atoms with E-state index in [0.29, 0.717) is 22.3 Å². The third-order valence-corrected chi connectivity index (χ3v) is 4.02. The van der Waals surface area contributed by atoms with Gasteiger partial charge in [-0.1, -0.05) is 53.5 Å². The predicted molar refractivity (Wildman–Crippen MR) is 99.8 cm³/mol. The minimum Gasteiger partial charge on any atom is -0.468 e. The van der Waals surface area contributed by atoms with Crippen LogP contribution in [0.5, 0.6) is 0 Å². The van der Waals surface area contributed by atoms with Crippen molar-refractivity contribution in [1.29, 1.82) is 0 Å². The fourth-order valence-corrected chi connectivity index (χ4v) is 2.99. The van der Waals surface area contributed by atoms with Crippen molar-refractivity contribution in [3.63, 3.8) is 0 Å². The zero-order valence-corrected chi connectivity index (χ0v) is 14.7. The molecule has 1 aromatic heterocycles. The van der Waals surface area contributed by atoms with E-state index in [-0.39, 0.29) is 5.91 Å². The number of hydrogen-bond donors (Lipinski definition) is 2. The van der Waals surface area contributed by atoms with E-state index in [1.165, 1.54) is 0 Å². The molecule has 0 aliphatic carbocycles. The first kappa shape index (κ1) is 17.5. The maximum atomic E-state index is 12.8. The van der Waals surface area contributed by atoms with Gasteiger partial charge in [0.15, 0.2) is 0 Å². The van der Waals surface area contributed by atoms with Crippen LogP contribution in [0.3, 0.4) is 0 Å². The molecular formula is C19H16Cl2N2O2. The number of rotatable bonds is 6. The van der Waals surface area contributed by atoms with E-state index >= 15 is 0 Å². The molecule has 4 nitrogen and oxygen atoms in total. The summed E-state index contributed by atoms with van der Waals surface area (Å²) in [6.07, 6.45) is 1.60. The number of benzene rings is 2. The SMILES string of the molecule is O=C(Nc1cc(Cl)cc(Cl)c1)[C@@H](NCc1ccco1)c1ccccc1. The highest BCUT2D eigenvalue weighted by atomic mass is 35.5. The van der Waals surface area contributed by atoms with Gasteiger partial charge in [-0.2, -0.15) is 0 Å². The summed E-state index contributed by atoms with van der Waals surface area (Å²) in [6, 6.07) is 17.5. The molecule has 0 bridgehead atoms. The Morgan fingerprint density at radius 3 is 2.36 bits per heavy atom. The number of halogens is 2. The van der Waals surface area contributed by atoms with Crippen LogP contribution in [-0.2, 0) is 11.3 Å². The molecule has 6 heteroatoms. The molecule has 0 saturated carbocycles. The van der Waals surface area contributed by atoms with Crippen molar-refractivity contribution in [3.8, 4) is 0 Å². The number of furan rings is 1. The second-order valence-corrected chi connectivity index (χ2v) is 6.32. The lowest BCUT2D eigenvalue weighted by Gasteiger charge is -2.18. The molecule has 1 atom stereocenters. The van der Waals surface area contributed by atoms with Gasteiger partial charge in [-0.15, -0.1) is 0 Å². The lowest BCUT2D eigenvalue weighted by atomic mass is 10.1. The minimum absolute atomic E-state index is 0.212. The summed E-state index contributed by atoms with van der Waals surface area (Å²) in [4.78, 5) is 12.8. The van der Waals surface area contributed by atoms with Gasteiger partial charge in [0.25, 0.3) is 0 Å². The Balaban J connectivity index is 1.78. The summed E-state index contributed by atoms with van der Waals surface area (Å²) < 4.78 is 5.32. The topological polar surface area (TPSA) is 54.3 Å². The van der Waals surface area contributed by atoms with Gasteiger partial charge in [0.2, 0.25) is 5.91 Å². The number of amides is 1. The Kier molecular flexibility index (Phi) is 5.76. The number of carbonyl (C=O) groups is 1. The molecule has 0 radical (unpaired) electrons. The first-order valence-electron chi connectivity index (χ1n) is 7.69. The van der Waals surface area contributed by atoms with Crippen LogP contribution in [0.2, 0.25) is 10.0 Å². The molecule has 0 saturated heterocycles. The largest absolute Gasteiger partial charge is 0.468 e. The van der Waals surface area contributed by atoms with Gasteiger partial charge < -0.3 is 9.73 Å². The van der Waals surface area contributed by atoms with E-state index < -0.39 is 6.04 Å². The summed E-state index contributed by atoms with van der Waals surface area (Å²) in [6.45, 7) is 0.427. The maximum Gasteiger partial charge on any atom is 0.246 e. The third kappa shape index (κ3) is 4.86. The monoisotopic (exact) mass is 374 g/mol. The number of hydrogen-bond acceptors (Lipinski definition) is 3. The highest BCUT2D eigenvalue weighted by Crippen LogP contribution is 2.24. The molecule has 0 spiro atoms. The quantitative estimate of drug-likeness (QED) is 0.634. The van der Waals surface area contributed by atoms with Crippen molar-refractivity contribution in [2.24, 2.45) is 0 Å². The van der Waals surface area contributed by atoms with Crippen LogP contribution < -0.4 is 10.6 Å². The molecule has 2 N–H and O–H groups in total. The molecule has 3 rings (SSSR count). The number of anilines is 1. The lowest BCUT2D eigenvalue weighted by molar-refractivity contribution is -0.118. The van der Waals surface area contributed by atoms with Gasteiger partial charge in [0, 0.05) is 15.7 Å². The third-order valence-electron chi connectivity index (χ3n) is 3.59. The second kappa shape index (κ2) is 8.21. The van der Waals surface area contributed by atoms with Crippen LogP contribution in [0.15, 0.2) is 71.3 Å². The van der Waals surface area contributed by atoms with Crippen molar-refractivity contribution in [2.45, 2.75) is 12.6 Å². The highest BCUT2D eigenvalue weighted by Gasteiger charge is 2.20. The average molecular weight is 375 g/mol. The molecule has 0 aliphatic rings. The normalized spacial score (nSPS) is 11.9. The number of nitrogens with one attached hydrogen (secondary N) is 2. The zero-order valence-electron chi connectivity index (χ0n) is 13.2. The predicted octanol–water partition coefficient (Wildman–Crippen LogP) is 5.06. The summed E-state index contributed by atoms with van der Waals surface area (Å²) in [5.41, 5.74) is 1.39. The molecular weight excluding hydrogens is 359 g/mol. The first-order valence-corrected chi connectivity index (χ1v) is 8.45. The summed E-state index contributed by atoms with van der Waals surface area (Å²) in [5, 5.41) is 6.99. The van der Waals surface area contributed by atoms with Gasteiger partial charge in [-0.05, 0) is 35.9 Å². The van der Waals surface area contributed by atoms with Crippen LogP contribution in [0, 0.1) is 0 Å². The second-order valence-electron chi connectivity index (χ2n) is 5.45. The first-order chi connectivity index (χ1) is 12.1. The molecule has 1 heterocycles. The van der Waals surface area contributed by atoms with Crippen molar-refractivity contribution in [2.75, 3.05) is 5.32 Å². The Bertz CT molecular complexity index is 816. The average Bonchev–Trinajstić information content (AvgIpc) is 3.08. The molecule has 128 valence electrons. The van der Waals surface area contributed by atoms with Crippen molar-refractivity contribution >= 4 is 34.8 Å². The van der Waals surface area contributed by atoms with Crippen LogP contribution in [0.4, 0.5) is 5.69 Å². The Hall–Kier alpha value is -2.27. The lowest BCUT2D eigenvalue weighted by Crippen LogP contribution is -2.32. The molecule has 2 aromatic carbocycles. The van der Waals surface area contributed by atoms with Crippen LogP contribution in [0.25, 0.3) is 0 Å². The molecule has 0 unspecified atom stereocenters. The minimum atomic E-state index is -0.552. The zero-order chi connectivity index (χ0) is 17.6. The molecule has 25 heavy (non-hydrogen) atoms.